The second-order valence-corrected chi connectivity index (χ2v) is 7.87. The summed E-state index contributed by atoms with van der Waals surface area (Å²) in [5.74, 6) is -1.64. The van der Waals surface area contributed by atoms with Crippen molar-refractivity contribution in [2.24, 2.45) is 0 Å². The number of anilines is 1. The third-order valence-corrected chi connectivity index (χ3v) is 4.44. The molecule has 2 rings (SSSR count). The van der Waals surface area contributed by atoms with Crippen molar-refractivity contribution in [1.82, 2.24) is 0 Å². The van der Waals surface area contributed by atoms with E-state index in [1.54, 1.807) is 20.8 Å². The molecule has 30 heavy (non-hydrogen) atoms. The molecular formula is C20H21F2NO6S. The Hall–Kier alpha value is -3.14. The molecule has 0 fully saturated rings. The lowest BCUT2D eigenvalue weighted by Gasteiger charge is -2.28. The molecule has 10 heteroatoms. The second kappa shape index (κ2) is 9.12. The molecule has 2 aromatic rings. The van der Waals surface area contributed by atoms with Gasteiger partial charge in [-0.1, -0.05) is 0 Å². The van der Waals surface area contributed by atoms with Crippen LogP contribution in [-0.2, 0) is 15.0 Å². The van der Waals surface area contributed by atoms with E-state index in [1.165, 1.54) is 32.4 Å². The van der Waals surface area contributed by atoms with Crippen LogP contribution in [-0.4, -0.2) is 39.3 Å². The smallest absolute Gasteiger partial charge is 0.420 e. The summed E-state index contributed by atoms with van der Waals surface area (Å²) in [5, 5.41) is 0. The zero-order valence-electron chi connectivity index (χ0n) is 17.0. The third-order valence-electron chi connectivity index (χ3n) is 3.73. The zero-order chi connectivity index (χ0) is 22.6. The molecule has 0 heterocycles. The monoisotopic (exact) mass is 441 g/mol. The van der Waals surface area contributed by atoms with Crippen LogP contribution in [0.4, 0.5) is 19.3 Å². The highest BCUT2D eigenvalue weighted by Crippen LogP contribution is 2.30. The number of nitrogens with zero attached hydrogens (tertiary/aromatic N) is 1. The molecule has 0 aromatic heterocycles. The Morgan fingerprint density at radius 3 is 2.17 bits per heavy atom. The Morgan fingerprint density at radius 1 is 1.00 bits per heavy atom. The highest BCUT2D eigenvalue weighted by molar-refractivity contribution is 7.73. The van der Waals surface area contributed by atoms with E-state index in [4.69, 9.17) is 14.2 Å². The summed E-state index contributed by atoms with van der Waals surface area (Å²) in [7, 11) is -0.357. The van der Waals surface area contributed by atoms with Gasteiger partial charge in [-0.3, -0.25) is 0 Å². The summed E-state index contributed by atoms with van der Waals surface area (Å²) >= 11 is 0. The number of halogens is 2. The van der Waals surface area contributed by atoms with Gasteiger partial charge in [-0.15, -0.1) is 0 Å². The number of hydrogen-bond donors (Lipinski definition) is 0. The molecule has 0 saturated carbocycles. The van der Waals surface area contributed by atoms with E-state index < -0.39 is 44.3 Å². The molecule has 162 valence electrons. The number of amides is 1. The van der Waals surface area contributed by atoms with Gasteiger partial charge in [0.15, 0.2) is 4.99 Å². The largest absolute Gasteiger partial charge is 0.497 e. The number of methoxy groups -OCH3 is 2. The average Bonchev–Trinajstić information content (AvgIpc) is 2.64. The lowest BCUT2D eigenvalue weighted by molar-refractivity contribution is 0.0603. The van der Waals surface area contributed by atoms with Gasteiger partial charge in [0.05, 0.1) is 25.5 Å². The van der Waals surface area contributed by atoms with E-state index in [1.807, 2.05) is 0 Å². The van der Waals surface area contributed by atoms with E-state index >= 15 is 0 Å². The summed E-state index contributed by atoms with van der Waals surface area (Å²) in [4.78, 5) is 12.8. The SMILES string of the molecule is COc1ccc(C(N(C(=O)OC(C)(C)C)c2ccc(F)cc2F)=S(=O)=O)c(OC)c1. The molecule has 0 atom stereocenters. The van der Waals surface area contributed by atoms with Crippen molar-refractivity contribution >= 4 is 27.1 Å². The molecular weight excluding hydrogens is 420 g/mol. The van der Waals surface area contributed by atoms with Crippen LogP contribution in [0.5, 0.6) is 11.5 Å². The summed E-state index contributed by atoms with van der Waals surface area (Å²) in [6.45, 7) is 4.68. The minimum Gasteiger partial charge on any atom is -0.497 e. The molecule has 0 radical (unpaired) electrons. The molecule has 1 amide bonds. The quantitative estimate of drug-likeness (QED) is 0.672. The van der Waals surface area contributed by atoms with Crippen LogP contribution >= 0.6 is 0 Å². The van der Waals surface area contributed by atoms with Crippen LogP contribution in [0.2, 0.25) is 0 Å². The predicted octanol–water partition coefficient (Wildman–Crippen LogP) is 3.78. The van der Waals surface area contributed by atoms with Crippen molar-refractivity contribution in [3.8, 4) is 11.5 Å². The van der Waals surface area contributed by atoms with Crippen molar-refractivity contribution in [2.75, 3.05) is 19.1 Å². The van der Waals surface area contributed by atoms with Crippen LogP contribution in [0.1, 0.15) is 26.3 Å². The molecule has 0 unspecified atom stereocenters. The maximum Gasteiger partial charge on any atom is 0.420 e. The average molecular weight is 441 g/mol. The molecule has 0 aliphatic carbocycles. The van der Waals surface area contributed by atoms with E-state index in [2.05, 4.69) is 0 Å². The number of rotatable bonds is 4. The topological polar surface area (TPSA) is 82.1 Å². The molecule has 0 saturated heterocycles. The second-order valence-electron chi connectivity index (χ2n) is 7.02. The van der Waals surface area contributed by atoms with Crippen molar-refractivity contribution in [2.45, 2.75) is 26.4 Å². The number of carbonyl (C=O) groups is 1. The van der Waals surface area contributed by atoms with Crippen LogP contribution in [0.15, 0.2) is 36.4 Å². The highest BCUT2D eigenvalue weighted by Gasteiger charge is 2.33. The van der Waals surface area contributed by atoms with Crippen LogP contribution < -0.4 is 14.4 Å². The molecule has 7 nitrogen and oxygen atoms in total. The summed E-state index contributed by atoms with van der Waals surface area (Å²) < 4.78 is 68.0. The summed E-state index contributed by atoms with van der Waals surface area (Å²) in [6.07, 6.45) is -1.18. The van der Waals surface area contributed by atoms with E-state index in [0.29, 0.717) is 16.7 Å². The fourth-order valence-electron chi connectivity index (χ4n) is 2.52. The lowest BCUT2D eigenvalue weighted by Crippen LogP contribution is -2.42. The first-order valence-electron chi connectivity index (χ1n) is 8.65. The fraction of sp³-hybridized carbons (Fsp3) is 0.300. The van der Waals surface area contributed by atoms with Gasteiger partial charge in [0.2, 0.25) is 10.3 Å². The van der Waals surface area contributed by atoms with E-state index in [0.717, 1.165) is 12.1 Å². The van der Waals surface area contributed by atoms with Crippen molar-refractivity contribution in [3.63, 3.8) is 0 Å². The predicted molar refractivity (Wildman–Crippen MR) is 108 cm³/mol. The van der Waals surface area contributed by atoms with Crippen molar-refractivity contribution < 1.29 is 36.2 Å². The maximum atomic E-state index is 14.6. The Labute approximate surface area is 174 Å². The molecule has 2 aromatic carbocycles. The number of benzene rings is 2. The number of carbonyl (C=O) groups excluding carboxylic acids is 1. The van der Waals surface area contributed by atoms with Crippen molar-refractivity contribution in [1.29, 1.82) is 0 Å². The van der Waals surface area contributed by atoms with Gasteiger partial charge >= 0.3 is 6.09 Å². The van der Waals surface area contributed by atoms with Crippen molar-refractivity contribution in [3.05, 3.63) is 53.6 Å². The zero-order valence-corrected chi connectivity index (χ0v) is 17.8. The standard InChI is InChI=1S/C20H21F2NO6S/c1-20(2,3)29-19(24)23(16-9-6-12(21)10-15(16)22)18(30(25)26)14-8-7-13(27-4)11-17(14)28-5/h6-11H,1-5H3. The molecule has 0 N–H and O–H groups in total. The highest BCUT2D eigenvalue weighted by atomic mass is 32.2. The number of ether oxygens (including phenoxy) is 3. The summed E-state index contributed by atoms with van der Waals surface area (Å²) in [6, 6.07) is 6.55. The third kappa shape index (κ3) is 5.26. The van der Waals surface area contributed by atoms with Gasteiger partial charge in [-0.2, -0.15) is 8.42 Å². The Kier molecular flexibility index (Phi) is 7.04. The van der Waals surface area contributed by atoms with Gasteiger partial charge in [-0.05, 0) is 45.0 Å². The normalized spacial score (nSPS) is 10.9. The fourth-order valence-corrected chi connectivity index (χ4v) is 3.19. The first-order valence-corrected chi connectivity index (χ1v) is 9.72. The van der Waals surface area contributed by atoms with Gasteiger partial charge in [-0.25, -0.2) is 18.5 Å². The Bertz CT molecular complexity index is 1080. The minimum absolute atomic E-state index is 0.0460. The van der Waals surface area contributed by atoms with E-state index in [-0.39, 0.29) is 11.3 Å². The van der Waals surface area contributed by atoms with Gasteiger partial charge in [0.25, 0.3) is 0 Å². The van der Waals surface area contributed by atoms with Crippen LogP contribution in [0, 0.1) is 11.6 Å². The lowest BCUT2D eigenvalue weighted by atomic mass is 10.1. The molecule has 0 aliphatic heterocycles. The first kappa shape index (κ1) is 23.1. The van der Waals surface area contributed by atoms with Gasteiger partial charge in [0, 0.05) is 12.1 Å². The van der Waals surface area contributed by atoms with Gasteiger partial charge in [0.1, 0.15) is 28.7 Å². The van der Waals surface area contributed by atoms with Crippen LogP contribution in [0.25, 0.3) is 0 Å². The maximum absolute atomic E-state index is 14.6. The Morgan fingerprint density at radius 2 is 1.67 bits per heavy atom. The molecule has 0 spiro atoms. The first-order chi connectivity index (χ1) is 14.0. The minimum atomic E-state index is -3.06. The summed E-state index contributed by atoms with van der Waals surface area (Å²) in [5.41, 5.74) is -1.59. The van der Waals surface area contributed by atoms with Gasteiger partial charge < -0.3 is 14.2 Å². The van der Waals surface area contributed by atoms with Crippen LogP contribution in [0.3, 0.4) is 0 Å². The van der Waals surface area contributed by atoms with E-state index in [9.17, 15) is 22.0 Å². The number of hydrogen-bond acceptors (Lipinski definition) is 6. The Balaban J connectivity index is 2.80. The molecule has 0 aliphatic rings. The molecule has 0 bridgehead atoms.